The standard InChI is InChI=1S/C18H17N7O4/c1-20-6-7-29-12-5-4-11-13(14(12)28-3)23-18(25(2)16(11)27)24-15(26)10-8-21-17(19)22-9-10/h4-5,8-9H,6-7H2,2-3H3,(H2,19,21,22)(H,23,24,26). The lowest BCUT2D eigenvalue weighted by Gasteiger charge is -2.14. The Morgan fingerprint density at radius 1 is 1.34 bits per heavy atom. The molecule has 2 heterocycles. The number of nitrogens with two attached hydrogens (primary N) is 1. The molecule has 3 rings (SSSR count). The Balaban J connectivity index is 2.04. The van der Waals surface area contributed by atoms with E-state index in [4.69, 9.17) is 21.8 Å². The van der Waals surface area contributed by atoms with Gasteiger partial charge in [0.25, 0.3) is 11.5 Å². The molecule has 0 saturated carbocycles. The Kier molecular flexibility index (Phi) is 5.54. The third-order valence-corrected chi connectivity index (χ3v) is 3.99. The van der Waals surface area contributed by atoms with Gasteiger partial charge in [-0.3, -0.25) is 19.5 Å². The molecule has 2 aromatic heterocycles. The minimum atomic E-state index is -0.560. The first-order valence-corrected chi connectivity index (χ1v) is 8.39. The summed E-state index contributed by atoms with van der Waals surface area (Å²) in [6.07, 6.45) is 2.53. The Labute approximate surface area is 164 Å². The van der Waals surface area contributed by atoms with E-state index in [9.17, 15) is 9.59 Å². The SMILES string of the molecule is [C-]#[N+]CCOc1ccc2c(=O)n(C)c(NC(=O)c3cnc(N)nc3)nc2c1OC. The summed E-state index contributed by atoms with van der Waals surface area (Å²) in [5.41, 5.74) is 5.41. The van der Waals surface area contributed by atoms with Crippen LogP contribution in [0.3, 0.4) is 0 Å². The number of rotatable bonds is 6. The minimum Gasteiger partial charge on any atom is -0.491 e. The number of nitrogen functional groups attached to an aromatic ring is 1. The molecule has 1 aromatic carbocycles. The highest BCUT2D eigenvalue weighted by molar-refractivity contribution is 6.03. The van der Waals surface area contributed by atoms with E-state index < -0.39 is 5.91 Å². The Bertz CT molecular complexity index is 1170. The zero-order valence-corrected chi connectivity index (χ0v) is 15.7. The number of hydrogen-bond donors (Lipinski definition) is 2. The van der Waals surface area contributed by atoms with Gasteiger partial charge in [0.2, 0.25) is 18.4 Å². The third-order valence-electron chi connectivity index (χ3n) is 3.99. The van der Waals surface area contributed by atoms with E-state index in [1.807, 2.05) is 0 Å². The number of carbonyl (C=O) groups is 1. The molecule has 0 unspecified atom stereocenters. The van der Waals surface area contributed by atoms with Crippen molar-refractivity contribution in [2.24, 2.45) is 7.05 Å². The fraction of sp³-hybridized carbons (Fsp3) is 0.222. The van der Waals surface area contributed by atoms with Crippen LogP contribution in [0.1, 0.15) is 10.4 Å². The molecule has 148 valence electrons. The molecule has 0 bridgehead atoms. The maximum Gasteiger partial charge on any atom is 0.262 e. The lowest BCUT2D eigenvalue weighted by atomic mass is 10.2. The number of carbonyl (C=O) groups excluding carboxylic acids is 1. The van der Waals surface area contributed by atoms with Crippen LogP contribution in [0.5, 0.6) is 11.5 Å². The van der Waals surface area contributed by atoms with E-state index in [-0.39, 0.29) is 52.8 Å². The molecule has 0 aliphatic carbocycles. The molecular weight excluding hydrogens is 378 g/mol. The maximum atomic E-state index is 12.7. The van der Waals surface area contributed by atoms with E-state index in [1.54, 1.807) is 12.1 Å². The zero-order valence-electron chi connectivity index (χ0n) is 15.7. The number of nitrogens with zero attached hydrogens (tertiary/aromatic N) is 5. The molecule has 0 radical (unpaired) electrons. The van der Waals surface area contributed by atoms with Crippen molar-refractivity contribution in [1.82, 2.24) is 19.5 Å². The van der Waals surface area contributed by atoms with Gasteiger partial charge in [0.15, 0.2) is 18.1 Å². The van der Waals surface area contributed by atoms with E-state index in [2.05, 4.69) is 25.1 Å². The molecule has 0 fully saturated rings. The van der Waals surface area contributed by atoms with Crippen molar-refractivity contribution >= 4 is 28.7 Å². The van der Waals surface area contributed by atoms with Crippen LogP contribution in [-0.4, -0.2) is 45.7 Å². The number of benzene rings is 1. The molecule has 29 heavy (non-hydrogen) atoms. The van der Waals surface area contributed by atoms with Crippen LogP contribution in [0.4, 0.5) is 11.9 Å². The summed E-state index contributed by atoms with van der Waals surface area (Å²) in [5, 5.41) is 2.85. The van der Waals surface area contributed by atoms with Crippen molar-refractivity contribution < 1.29 is 14.3 Å². The predicted octanol–water partition coefficient (Wildman–Crippen LogP) is 0.865. The van der Waals surface area contributed by atoms with Gasteiger partial charge in [-0.1, -0.05) is 0 Å². The summed E-state index contributed by atoms with van der Waals surface area (Å²) < 4.78 is 12.1. The highest BCUT2D eigenvalue weighted by Crippen LogP contribution is 2.33. The van der Waals surface area contributed by atoms with Gasteiger partial charge in [0.05, 0.1) is 18.1 Å². The van der Waals surface area contributed by atoms with Crippen molar-refractivity contribution in [2.75, 3.05) is 31.3 Å². The fourth-order valence-corrected chi connectivity index (χ4v) is 2.55. The van der Waals surface area contributed by atoms with E-state index in [1.165, 1.54) is 31.1 Å². The molecular formula is C18H17N7O4. The third kappa shape index (κ3) is 3.91. The number of aromatic nitrogens is 4. The number of nitrogens with one attached hydrogen (secondary N) is 1. The van der Waals surface area contributed by atoms with Gasteiger partial charge in [-0.25, -0.2) is 21.5 Å². The second kappa shape index (κ2) is 8.22. The lowest BCUT2D eigenvalue weighted by Crippen LogP contribution is -2.25. The minimum absolute atomic E-state index is 0.000864. The highest BCUT2D eigenvalue weighted by atomic mass is 16.5. The number of fused-ring (bicyclic) bond motifs is 1. The number of anilines is 2. The summed E-state index contributed by atoms with van der Waals surface area (Å²) in [4.78, 5) is 40.3. The van der Waals surface area contributed by atoms with E-state index >= 15 is 0 Å². The molecule has 0 atom stereocenters. The second-order valence-electron chi connectivity index (χ2n) is 5.81. The monoisotopic (exact) mass is 395 g/mol. The van der Waals surface area contributed by atoms with Crippen molar-refractivity contribution in [3.63, 3.8) is 0 Å². The smallest absolute Gasteiger partial charge is 0.262 e. The Morgan fingerprint density at radius 3 is 2.72 bits per heavy atom. The zero-order chi connectivity index (χ0) is 21.0. The van der Waals surface area contributed by atoms with Crippen LogP contribution in [0.15, 0.2) is 29.3 Å². The largest absolute Gasteiger partial charge is 0.491 e. The summed E-state index contributed by atoms with van der Waals surface area (Å²) >= 11 is 0. The maximum absolute atomic E-state index is 12.7. The molecule has 11 nitrogen and oxygen atoms in total. The van der Waals surface area contributed by atoms with Crippen molar-refractivity contribution in [3.05, 3.63) is 51.9 Å². The van der Waals surface area contributed by atoms with Gasteiger partial charge >= 0.3 is 0 Å². The second-order valence-corrected chi connectivity index (χ2v) is 5.81. The lowest BCUT2D eigenvalue weighted by molar-refractivity contribution is 0.102. The van der Waals surface area contributed by atoms with E-state index in [0.717, 1.165) is 0 Å². The van der Waals surface area contributed by atoms with Crippen LogP contribution >= 0.6 is 0 Å². The van der Waals surface area contributed by atoms with Crippen LogP contribution < -0.4 is 26.1 Å². The van der Waals surface area contributed by atoms with Gasteiger partial charge in [-0.05, 0) is 12.1 Å². The quantitative estimate of drug-likeness (QED) is 0.463. The van der Waals surface area contributed by atoms with Crippen LogP contribution in [0, 0.1) is 6.57 Å². The van der Waals surface area contributed by atoms with Crippen LogP contribution in [0.25, 0.3) is 15.7 Å². The molecule has 1 amide bonds. The number of amides is 1. The first-order valence-electron chi connectivity index (χ1n) is 8.39. The van der Waals surface area contributed by atoms with Crippen LogP contribution in [-0.2, 0) is 7.05 Å². The molecule has 0 saturated heterocycles. The average Bonchev–Trinajstić information content (AvgIpc) is 2.72. The first kappa shape index (κ1) is 19.6. The summed E-state index contributed by atoms with van der Waals surface area (Å²) in [7, 11) is 2.90. The topological polar surface area (TPSA) is 139 Å². The van der Waals surface area contributed by atoms with Gasteiger partial charge in [0, 0.05) is 19.4 Å². The Hall–Kier alpha value is -4.20. The number of methoxy groups -OCH3 is 1. The van der Waals surface area contributed by atoms with Gasteiger partial charge in [-0.2, -0.15) is 0 Å². The average molecular weight is 395 g/mol. The molecule has 0 spiro atoms. The summed E-state index contributed by atoms with van der Waals surface area (Å²) in [6, 6.07) is 3.14. The highest BCUT2D eigenvalue weighted by Gasteiger charge is 2.18. The van der Waals surface area contributed by atoms with Crippen molar-refractivity contribution in [3.8, 4) is 11.5 Å². The molecule has 3 aromatic rings. The summed E-state index contributed by atoms with van der Waals surface area (Å²) in [5.74, 6) is 0.0505. The van der Waals surface area contributed by atoms with Crippen molar-refractivity contribution in [1.29, 1.82) is 0 Å². The molecule has 0 aliphatic rings. The van der Waals surface area contributed by atoms with Crippen LogP contribution in [0.2, 0.25) is 0 Å². The predicted molar refractivity (Wildman–Crippen MR) is 105 cm³/mol. The Morgan fingerprint density at radius 2 is 2.07 bits per heavy atom. The van der Waals surface area contributed by atoms with Gasteiger partial charge in [-0.15, -0.1) is 0 Å². The fourth-order valence-electron chi connectivity index (χ4n) is 2.55. The van der Waals surface area contributed by atoms with E-state index in [0.29, 0.717) is 5.75 Å². The van der Waals surface area contributed by atoms with Crippen molar-refractivity contribution in [2.45, 2.75) is 0 Å². The number of hydrogen-bond acceptors (Lipinski definition) is 8. The molecule has 11 heteroatoms. The molecule has 0 aliphatic heterocycles. The first-order chi connectivity index (χ1) is 14.0. The summed E-state index contributed by atoms with van der Waals surface area (Å²) in [6.45, 7) is 7.17. The normalized spacial score (nSPS) is 10.4. The number of ether oxygens (including phenoxy) is 2. The van der Waals surface area contributed by atoms with Gasteiger partial charge in [0.1, 0.15) is 5.52 Å². The molecule has 3 N–H and O–H groups in total. The van der Waals surface area contributed by atoms with Gasteiger partial charge < -0.3 is 20.1 Å².